The lowest BCUT2D eigenvalue weighted by molar-refractivity contribution is -0.0972. The molecule has 136 valence electrons. The van der Waals surface area contributed by atoms with E-state index in [-0.39, 0.29) is 6.29 Å². The highest BCUT2D eigenvalue weighted by molar-refractivity contribution is 14.1. The minimum absolute atomic E-state index is 0.262. The molecule has 1 aromatic heterocycles. The van der Waals surface area contributed by atoms with Crippen molar-refractivity contribution in [2.45, 2.75) is 20.1 Å². The Kier molecular flexibility index (Phi) is 5.11. The number of nitrogens with one attached hydrogen (secondary N) is 1. The lowest BCUT2D eigenvalue weighted by Gasteiger charge is -2.32. The van der Waals surface area contributed by atoms with Gasteiger partial charge in [-0.25, -0.2) is 0 Å². The fourth-order valence-corrected chi connectivity index (χ4v) is 5.50. The van der Waals surface area contributed by atoms with Gasteiger partial charge < -0.3 is 9.72 Å². The fraction of sp³-hybridized carbons (Fsp3) is 0.235. The van der Waals surface area contributed by atoms with Crippen LogP contribution in [0, 0.1) is 3.57 Å². The van der Waals surface area contributed by atoms with Crippen LogP contribution in [0.1, 0.15) is 13.8 Å². The first-order valence-electron chi connectivity index (χ1n) is 8.03. The van der Waals surface area contributed by atoms with Gasteiger partial charge >= 0.3 is 7.94 Å². The van der Waals surface area contributed by atoms with Crippen molar-refractivity contribution in [1.82, 2.24) is 9.97 Å². The summed E-state index contributed by atoms with van der Waals surface area (Å²) in [7, 11) is -2.48. The van der Waals surface area contributed by atoms with Crippen LogP contribution in [0.15, 0.2) is 36.4 Å². The Hall–Kier alpha value is -0.960. The van der Waals surface area contributed by atoms with Crippen LogP contribution in [0.25, 0.3) is 11.0 Å². The van der Waals surface area contributed by atoms with Gasteiger partial charge in [-0.3, -0.25) is 0 Å². The van der Waals surface area contributed by atoms with Crippen LogP contribution in [-0.2, 0) is 13.6 Å². The SMILES string of the molecule is CCO[P+]1(c2cccc(Oc3nc4cc(I)c(Cl)cc4[nH]3)c2)OC(C)O1. The third kappa shape index (κ3) is 3.44. The molecule has 6 nitrogen and oxygen atoms in total. The van der Waals surface area contributed by atoms with Gasteiger partial charge in [0.2, 0.25) is 0 Å². The molecule has 0 unspecified atom stereocenters. The van der Waals surface area contributed by atoms with Gasteiger partial charge in [-0.05, 0) is 60.7 Å². The summed E-state index contributed by atoms with van der Waals surface area (Å²) in [6, 6.07) is 11.6. The molecule has 0 radical (unpaired) electrons. The van der Waals surface area contributed by atoms with Gasteiger partial charge in [-0.2, -0.15) is 9.51 Å². The number of imidazole rings is 1. The van der Waals surface area contributed by atoms with E-state index >= 15 is 0 Å². The number of rotatable bonds is 5. The third-order valence-corrected chi connectivity index (χ3v) is 7.91. The van der Waals surface area contributed by atoms with Crippen molar-refractivity contribution in [1.29, 1.82) is 0 Å². The molecule has 1 aliphatic heterocycles. The summed E-state index contributed by atoms with van der Waals surface area (Å²) in [5, 5.41) is 1.51. The number of nitrogens with zero attached hydrogens (tertiary/aromatic N) is 1. The molecule has 26 heavy (non-hydrogen) atoms. The Morgan fingerprint density at radius 2 is 2.12 bits per heavy atom. The van der Waals surface area contributed by atoms with Crippen molar-refractivity contribution in [2.24, 2.45) is 0 Å². The second-order valence-electron chi connectivity index (χ2n) is 5.62. The summed E-state index contributed by atoms with van der Waals surface area (Å²) >= 11 is 8.33. The van der Waals surface area contributed by atoms with Crippen molar-refractivity contribution < 1.29 is 18.3 Å². The van der Waals surface area contributed by atoms with Crippen molar-refractivity contribution in [3.05, 3.63) is 45.0 Å². The van der Waals surface area contributed by atoms with Gasteiger partial charge in [0, 0.05) is 9.64 Å². The van der Waals surface area contributed by atoms with Crippen molar-refractivity contribution in [3.8, 4) is 11.8 Å². The third-order valence-electron chi connectivity index (χ3n) is 3.72. The molecule has 2 heterocycles. The predicted octanol–water partition coefficient (Wildman–Crippen LogP) is 5.43. The number of benzene rings is 2. The smallest absolute Gasteiger partial charge is 0.425 e. The zero-order valence-electron chi connectivity index (χ0n) is 14.0. The molecule has 1 aliphatic rings. The van der Waals surface area contributed by atoms with E-state index in [1.54, 1.807) is 0 Å². The van der Waals surface area contributed by atoms with Crippen molar-refractivity contribution in [3.63, 3.8) is 0 Å². The Morgan fingerprint density at radius 1 is 1.31 bits per heavy atom. The van der Waals surface area contributed by atoms with Crippen LogP contribution in [0.4, 0.5) is 0 Å². The quantitative estimate of drug-likeness (QED) is 0.370. The van der Waals surface area contributed by atoms with E-state index in [4.69, 9.17) is 29.9 Å². The van der Waals surface area contributed by atoms with E-state index in [1.165, 1.54) is 0 Å². The number of halogens is 2. The van der Waals surface area contributed by atoms with Gasteiger partial charge in [0.15, 0.2) is 5.30 Å². The largest absolute Gasteiger partial charge is 0.454 e. The number of fused-ring (bicyclic) bond motifs is 1. The fourth-order valence-electron chi connectivity index (χ4n) is 2.68. The second kappa shape index (κ2) is 7.22. The van der Waals surface area contributed by atoms with Crippen molar-refractivity contribution in [2.75, 3.05) is 6.61 Å². The summed E-state index contributed by atoms with van der Waals surface area (Å²) in [4.78, 5) is 7.58. The minimum atomic E-state index is -2.48. The number of H-pyrrole nitrogens is 1. The van der Waals surface area contributed by atoms with Crippen LogP contribution < -0.4 is 10.0 Å². The summed E-state index contributed by atoms with van der Waals surface area (Å²) in [6.07, 6.45) is -0.262. The Balaban J connectivity index is 1.61. The molecule has 0 saturated carbocycles. The van der Waals surface area contributed by atoms with Crippen LogP contribution in [0.2, 0.25) is 5.02 Å². The molecule has 0 amide bonds. The summed E-state index contributed by atoms with van der Waals surface area (Å²) in [5.74, 6) is 0.619. The number of aromatic amines is 1. The summed E-state index contributed by atoms with van der Waals surface area (Å²) in [5.41, 5.74) is 1.61. The zero-order chi connectivity index (χ0) is 18.3. The number of hydrogen-bond acceptors (Lipinski definition) is 5. The van der Waals surface area contributed by atoms with Crippen LogP contribution >= 0.6 is 42.1 Å². The molecule has 1 N–H and O–H groups in total. The van der Waals surface area contributed by atoms with E-state index in [2.05, 4.69) is 32.6 Å². The molecule has 1 saturated heterocycles. The first-order chi connectivity index (χ1) is 12.5. The van der Waals surface area contributed by atoms with Crippen LogP contribution in [0.3, 0.4) is 0 Å². The standard InChI is InChI=1S/C17H16ClIN2O4P/c1-3-22-26(24-10(2)25-26)12-6-4-5-11(7-12)23-17-20-15-8-13(18)14(19)9-16(15)21-17/h4-10H,3H2,1-2H3,(H,20,21)/q+1. The maximum atomic E-state index is 6.16. The summed E-state index contributed by atoms with van der Waals surface area (Å²) in [6.45, 7) is 4.27. The lowest BCUT2D eigenvalue weighted by atomic mass is 10.3. The van der Waals surface area contributed by atoms with Gasteiger partial charge in [-0.15, -0.1) is 9.05 Å². The minimum Gasteiger partial charge on any atom is -0.425 e. The molecule has 4 rings (SSSR count). The van der Waals surface area contributed by atoms with E-state index in [0.717, 1.165) is 19.9 Å². The van der Waals surface area contributed by atoms with Gasteiger partial charge in [0.1, 0.15) is 5.75 Å². The average Bonchev–Trinajstić information content (AvgIpc) is 2.95. The molecule has 2 aromatic carbocycles. The lowest BCUT2D eigenvalue weighted by Crippen LogP contribution is -2.34. The molecule has 0 spiro atoms. The average molecular weight is 506 g/mol. The highest BCUT2D eigenvalue weighted by Gasteiger charge is 2.61. The van der Waals surface area contributed by atoms with Gasteiger partial charge in [0.05, 0.1) is 22.7 Å². The highest BCUT2D eigenvalue weighted by atomic mass is 127. The van der Waals surface area contributed by atoms with Gasteiger partial charge in [0.25, 0.3) is 12.3 Å². The number of hydrogen-bond donors (Lipinski definition) is 1. The van der Waals surface area contributed by atoms with Crippen LogP contribution in [0.5, 0.6) is 11.8 Å². The molecule has 1 fully saturated rings. The first-order valence-corrected chi connectivity index (χ1v) is 11.0. The number of aromatic nitrogens is 2. The number of ether oxygens (including phenoxy) is 1. The van der Waals surface area contributed by atoms with E-state index in [1.807, 2.05) is 50.2 Å². The highest BCUT2D eigenvalue weighted by Crippen LogP contribution is 2.70. The summed E-state index contributed by atoms with van der Waals surface area (Å²) < 4.78 is 24.2. The molecule has 0 bridgehead atoms. The predicted molar refractivity (Wildman–Crippen MR) is 110 cm³/mol. The maximum absolute atomic E-state index is 6.16. The van der Waals surface area contributed by atoms with E-state index in [0.29, 0.717) is 23.4 Å². The zero-order valence-corrected chi connectivity index (χ0v) is 17.8. The van der Waals surface area contributed by atoms with E-state index < -0.39 is 7.94 Å². The topological polar surface area (TPSA) is 65.6 Å². The van der Waals surface area contributed by atoms with E-state index in [9.17, 15) is 0 Å². The van der Waals surface area contributed by atoms with Crippen molar-refractivity contribution >= 4 is 58.5 Å². The maximum Gasteiger partial charge on any atom is 0.454 e. The molecular weight excluding hydrogens is 490 g/mol. The first kappa shape index (κ1) is 18.4. The van der Waals surface area contributed by atoms with Crippen LogP contribution in [-0.4, -0.2) is 22.9 Å². The normalized spacial score (nSPS) is 22.4. The molecule has 0 atom stereocenters. The van der Waals surface area contributed by atoms with Gasteiger partial charge in [-0.1, -0.05) is 17.7 Å². The second-order valence-corrected chi connectivity index (χ2v) is 9.38. The monoisotopic (exact) mass is 505 g/mol. The Bertz CT molecular complexity index is 917. The molecule has 3 aromatic rings. The molecule has 0 aliphatic carbocycles. The Labute approximate surface area is 169 Å². The Morgan fingerprint density at radius 3 is 2.85 bits per heavy atom. The molecular formula is C17H16ClIN2O4P+. The molecule has 9 heteroatoms.